The highest BCUT2D eigenvalue weighted by atomic mass is 127. The fourth-order valence-electron chi connectivity index (χ4n) is 2.13. The van der Waals surface area contributed by atoms with Gasteiger partial charge in [0.05, 0.1) is 26.7 Å². The molecule has 6 heteroatoms. The van der Waals surface area contributed by atoms with Gasteiger partial charge in [0.15, 0.2) is 4.77 Å². The molecule has 0 fully saturated rings. The Morgan fingerprint density at radius 3 is 2.79 bits per heavy atom. The summed E-state index contributed by atoms with van der Waals surface area (Å²) in [5.41, 5.74) is 1.28. The number of rotatable bonds is 4. The number of aromatic amines is 1. The van der Waals surface area contributed by atoms with E-state index < -0.39 is 0 Å². The van der Waals surface area contributed by atoms with Crippen LogP contribution >= 0.6 is 34.8 Å². The number of imidazole rings is 1. The largest absolute Gasteiger partial charge is 0.374 e. The summed E-state index contributed by atoms with van der Waals surface area (Å²) < 4.78 is 22.5. The van der Waals surface area contributed by atoms with Crippen molar-refractivity contribution >= 4 is 45.8 Å². The number of fused-ring (bicyclic) bond motifs is 1. The molecule has 0 unspecified atom stereocenters. The number of ether oxygens (including phenoxy) is 1. The Bertz CT molecular complexity index is 662. The zero-order chi connectivity index (χ0) is 14.2. The Balaban J connectivity index is 2.51. The highest BCUT2D eigenvalue weighted by molar-refractivity contribution is 14.1. The summed E-state index contributed by atoms with van der Waals surface area (Å²) in [7, 11) is 0. The minimum atomic E-state index is -0.346. The third-order valence-corrected chi connectivity index (χ3v) is 4.04. The van der Waals surface area contributed by atoms with Crippen LogP contribution in [0.5, 0.6) is 0 Å². The summed E-state index contributed by atoms with van der Waals surface area (Å²) >= 11 is 7.29. The minimum absolute atomic E-state index is 0.231. The van der Waals surface area contributed by atoms with Crippen molar-refractivity contribution in [3.8, 4) is 0 Å². The van der Waals surface area contributed by atoms with Crippen molar-refractivity contribution < 1.29 is 9.13 Å². The molecule has 1 N–H and O–H groups in total. The maximum absolute atomic E-state index is 13.7. The first-order valence-electron chi connectivity index (χ1n) is 6.05. The second-order valence-electron chi connectivity index (χ2n) is 4.99. The number of hydrogen-bond acceptors (Lipinski definition) is 2. The van der Waals surface area contributed by atoms with E-state index in [4.69, 9.17) is 17.0 Å². The summed E-state index contributed by atoms with van der Waals surface area (Å²) in [6.45, 7) is 7.17. The van der Waals surface area contributed by atoms with E-state index in [0.717, 1.165) is 11.0 Å². The fourth-order valence-corrected chi connectivity index (χ4v) is 2.87. The first-order chi connectivity index (χ1) is 8.84. The van der Waals surface area contributed by atoms with Gasteiger partial charge in [-0.2, -0.15) is 0 Å². The molecule has 0 aliphatic rings. The molecule has 0 saturated carbocycles. The molecular formula is C13H16FIN2OS. The van der Waals surface area contributed by atoms with E-state index in [1.165, 1.54) is 6.07 Å². The molecule has 0 spiro atoms. The Hall–Kier alpha value is -0.470. The molecule has 0 atom stereocenters. The number of nitrogens with one attached hydrogen (secondary N) is 1. The molecule has 0 radical (unpaired) electrons. The lowest BCUT2D eigenvalue weighted by Gasteiger charge is -2.25. The molecule has 19 heavy (non-hydrogen) atoms. The quantitative estimate of drug-likeness (QED) is 0.621. The SMILES string of the molecule is CCOC(C)(C)Cn1c(=S)[nH]c2cc(I)c(F)cc21. The summed E-state index contributed by atoms with van der Waals surface area (Å²) in [5.74, 6) is -0.231. The van der Waals surface area contributed by atoms with Gasteiger partial charge in [-0.05, 0) is 61.6 Å². The minimum Gasteiger partial charge on any atom is -0.374 e. The molecule has 104 valence electrons. The van der Waals surface area contributed by atoms with Crippen molar-refractivity contribution in [2.75, 3.05) is 6.61 Å². The molecular weight excluding hydrogens is 378 g/mol. The maximum Gasteiger partial charge on any atom is 0.178 e. The van der Waals surface area contributed by atoms with Crippen LogP contribution in [0.2, 0.25) is 0 Å². The monoisotopic (exact) mass is 394 g/mol. The summed E-state index contributed by atoms with van der Waals surface area (Å²) in [6.07, 6.45) is 0. The highest BCUT2D eigenvalue weighted by Gasteiger charge is 2.20. The second kappa shape index (κ2) is 5.49. The average molecular weight is 394 g/mol. The number of benzene rings is 1. The predicted molar refractivity (Wildman–Crippen MR) is 85.5 cm³/mol. The Morgan fingerprint density at radius 1 is 1.47 bits per heavy atom. The van der Waals surface area contributed by atoms with Crippen molar-refractivity contribution in [2.45, 2.75) is 32.9 Å². The Morgan fingerprint density at radius 2 is 2.16 bits per heavy atom. The molecule has 0 amide bonds. The lowest BCUT2D eigenvalue weighted by atomic mass is 10.1. The van der Waals surface area contributed by atoms with Crippen molar-refractivity contribution in [1.29, 1.82) is 0 Å². The zero-order valence-electron chi connectivity index (χ0n) is 11.1. The van der Waals surface area contributed by atoms with Gasteiger partial charge in [0.1, 0.15) is 5.82 Å². The standard InChI is InChI=1S/C13H16FIN2OS/c1-4-18-13(2,3)7-17-11-5-8(14)9(15)6-10(11)16-12(17)19/h5-6H,4,7H2,1-3H3,(H,16,19). The average Bonchev–Trinajstić information content (AvgIpc) is 2.56. The van der Waals surface area contributed by atoms with Crippen molar-refractivity contribution in [1.82, 2.24) is 9.55 Å². The lowest BCUT2D eigenvalue weighted by molar-refractivity contribution is -0.0219. The second-order valence-corrected chi connectivity index (χ2v) is 6.54. The molecule has 0 saturated heterocycles. The summed E-state index contributed by atoms with van der Waals surface area (Å²) in [5, 5.41) is 0. The van der Waals surface area contributed by atoms with Gasteiger partial charge in [-0.25, -0.2) is 4.39 Å². The van der Waals surface area contributed by atoms with Crippen molar-refractivity contribution in [3.05, 3.63) is 26.3 Å². The molecule has 1 aromatic carbocycles. The van der Waals surface area contributed by atoms with Gasteiger partial charge in [0, 0.05) is 12.7 Å². The van der Waals surface area contributed by atoms with Crippen LogP contribution < -0.4 is 0 Å². The maximum atomic E-state index is 13.7. The molecule has 2 rings (SSSR count). The van der Waals surface area contributed by atoms with Crippen LogP contribution in [0.4, 0.5) is 4.39 Å². The van der Waals surface area contributed by atoms with Gasteiger partial charge in [-0.1, -0.05) is 0 Å². The smallest absolute Gasteiger partial charge is 0.178 e. The highest BCUT2D eigenvalue weighted by Crippen LogP contribution is 2.23. The van der Waals surface area contributed by atoms with Crippen LogP contribution in [0.25, 0.3) is 11.0 Å². The molecule has 2 aromatic rings. The lowest BCUT2D eigenvalue weighted by Crippen LogP contribution is -2.30. The number of nitrogens with zero attached hydrogens (tertiary/aromatic N) is 1. The molecule has 1 heterocycles. The number of hydrogen-bond donors (Lipinski definition) is 1. The first kappa shape index (κ1) is 14.9. The number of H-pyrrole nitrogens is 1. The van der Waals surface area contributed by atoms with E-state index in [2.05, 4.69) is 4.98 Å². The normalized spacial score (nSPS) is 12.3. The molecule has 0 aliphatic carbocycles. The van der Waals surface area contributed by atoms with E-state index in [0.29, 0.717) is 21.5 Å². The summed E-state index contributed by atoms with van der Waals surface area (Å²) in [6, 6.07) is 3.29. The van der Waals surface area contributed by atoms with Gasteiger partial charge >= 0.3 is 0 Å². The Labute approximate surface area is 130 Å². The van der Waals surface area contributed by atoms with Gasteiger partial charge in [-0.3, -0.25) is 0 Å². The summed E-state index contributed by atoms with van der Waals surface area (Å²) in [4.78, 5) is 3.11. The Kier molecular flexibility index (Phi) is 4.32. The van der Waals surface area contributed by atoms with Crippen LogP contribution in [0.1, 0.15) is 20.8 Å². The first-order valence-corrected chi connectivity index (χ1v) is 7.54. The molecule has 0 bridgehead atoms. The van der Waals surface area contributed by atoms with Crippen LogP contribution in [-0.4, -0.2) is 21.8 Å². The number of halogens is 2. The van der Waals surface area contributed by atoms with Crippen LogP contribution in [0.3, 0.4) is 0 Å². The van der Waals surface area contributed by atoms with Gasteiger partial charge in [0.25, 0.3) is 0 Å². The van der Waals surface area contributed by atoms with E-state index >= 15 is 0 Å². The van der Waals surface area contributed by atoms with Crippen LogP contribution in [0.15, 0.2) is 12.1 Å². The van der Waals surface area contributed by atoms with Gasteiger partial charge < -0.3 is 14.3 Å². The van der Waals surface area contributed by atoms with E-state index in [1.54, 1.807) is 6.07 Å². The molecule has 1 aromatic heterocycles. The van der Waals surface area contributed by atoms with E-state index in [-0.39, 0.29) is 11.4 Å². The number of aromatic nitrogens is 2. The zero-order valence-corrected chi connectivity index (χ0v) is 14.1. The third kappa shape index (κ3) is 3.17. The van der Waals surface area contributed by atoms with Gasteiger partial charge in [-0.15, -0.1) is 0 Å². The predicted octanol–water partition coefficient (Wildman–Crippen LogP) is 4.26. The molecule has 0 aliphatic heterocycles. The molecule has 3 nitrogen and oxygen atoms in total. The third-order valence-electron chi connectivity index (χ3n) is 2.89. The van der Waals surface area contributed by atoms with Gasteiger partial charge in [0.2, 0.25) is 0 Å². The van der Waals surface area contributed by atoms with E-state index in [1.807, 2.05) is 47.9 Å². The van der Waals surface area contributed by atoms with Crippen molar-refractivity contribution in [2.24, 2.45) is 0 Å². The van der Waals surface area contributed by atoms with E-state index in [9.17, 15) is 4.39 Å². The topological polar surface area (TPSA) is 29.9 Å². The fraction of sp³-hybridized carbons (Fsp3) is 0.462. The van der Waals surface area contributed by atoms with Crippen molar-refractivity contribution in [3.63, 3.8) is 0 Å². The van der Waals surface area contributed by atoms with Crippen LogP contribution in [0, 0.1) is 14.2 Å². The van der Waals surface area contributed by atoms with Crippen LogP contribution in [-0.2, 0) is 11.3 Å².